The maximum atomic E-state index is 13.6. The van der Waals surface area contributed by atoms with E-state index in [4.69, 9.17) is 0 Å². The lowest BCUT2D eigenvalue weighted by Gasteiger charge is -2.38. The number of fused-ring (bicyclic) bond motifs is 1. The van der Waals surface area contributed by atoms with Crippen molar-refractivity contribution in [2.75, 3.05) is 6.26 Å². The molecule has 0 unspecified atom stereocenters. The summed E-state index contributed by atoms with van der Waals surface area (Å²) in [4.78, 5) is 22.8. The number of pyridine rings is 1. The summed E-state index contributed by atoms with van der Waals surface area (Å²) in [6.45, 7) is 13.8. The summed E-state index contributed by atoms with van der Waals surface area (Å²) in [7, 11) is -0.182. The van der Waals surface area contributed by atoms with E-state index in [0.717, 1.165) is 22.1 Å². The lowest BCUT2D eigenvalue weighted by atomic mass is 9.99. The first kappa shape index (κ1) is 25.3. The number of aromatic nitrogens is 3. The molecule has 0 atom stereocenters. The van der Waals surface area contributed by atoms with Crippen LogP contribution in [0.4, 0.5) is 0 Å². The monoisotopic (exact) mass is 477 g/mol. The highest BCUT2D eigenvalue weighted by Crippen LogP contribution is 2.41. The van der Waals surface area contributed by atoms with E-state index in [1.54, 1.807) is 11.6 Å². The second kappa shape index (κ2) is 10.3. The van der Waals surface area contributed by atoms with Gasteiger partial charge in [0, 0.05) is 30.8 Å². The molecule has 0 aliphatic rings. The van der Waals surface area contributed by atoms with Gasteiger partial charge in [0.2, 0.25) is 0 Å². The largest absolute Gasteiger partial charge is 0.295 e. The van der Waals surface area contributed by atoms with Crippen LogP contribution in [-0.2, 0) is 13.5 Å². The molecule has 4 nitrogen and oxygen atoms in total. The molecule has 174 valence electrons. The molecule has 1 aromatic carbocycles. The van der Waals surface area contributed by atoms with Crippen LogP contribution in [0.25, 0.3) is 11.0 Å². The summed E-state index contributed by atoms with van der Waals surface area (Å²) in [5.41, 5.74) is 8.59. The van der Waals surface area contributed by atoms with Crippen molar-refractivity contribution in [3.8, 4) is 11.5 Å². The van der Waals surface area contributed by atoms with Crippen molar-refractivity contribution in [1.82, 2.24) is 14.5 Å². The van der Waals surface area contributed by atoms with E-state index in [1.807, 2.05) is 30.7 Å². The lowest BCUT2D eigenvalue weighted by molar-refractivity contribution is 0.837. The number of benzene rings is 1. The Hall–Kier alpha value is -2.36. The highest BCUT2D eigenvalue weighted by molar-refractivity contribution is 7.98. The lowest BCUT2D eigenvalue weighted by Crippen LogP contribution is -2.43. The van der Waals surface area contributed by atoms with E-state index in [1.165, 1.54) is 11.8 Å². The molecule has 2 heterocycles. The van der Waals surface area contributed by atoms with Crippen LogP contribution in [0.15, 0.2) is 46.5 Å². The van der Waals surface area contributed by atoms with E-state index in [2.05, 4.69) is 75.1 Å². The van der Waals surface area contributed by atoms with Crippen LogP contribution in [0.1, 0.15) is 58.2 Å². The van der Waals surface area contributed by atoms with Crippen molar-refractivity contribution in [3.63, 3.8) is 0 Å². The number of nitrogens with zero attached hydrogens (tertiary/aromatic N) is 3. The van der Waals surface area contributed by atoms with Crippen molar-refractivity contribution >= 4 is 30.9 Å². The Balaban J connectivity index is 2.37. The normalized spacial score (nSPS) is 12.0. The summed E-state index contributed by atoms with van der Waals surface area (Å²) in [5, 5.41) is 1.51. The fourth-order valence-electron chi connectivity index (χ4n) is 5.17. The van der Waals surface area contributed by atoms with Gasteiger partial charge in [0.1, 0.15) is 13.7 Å². The minimum atomic E-state index is -1.98. The third-order valence-electron chi connectivity index (χ3n) is 6.87. The quantitative estimate of drug-likeness (QED) is 0.183. The second-order valence-corrected chi connectivity index (χ2v) is 16.0. The Labute approximate surface area is 203 Å². The molecule has 0 aliphatic carbocycles. The first-order valence-corrected chi connectivity index (χ1v) is 15.1. The molecule has 0 spiro atoms. The molecule has 3 aromatic rings. The van der Waals surface area contributed by atoms with Gasteiger partial charge < -0.3 is 0 Å². The molecule has 33 heavy (non-hydrogen) atoms. The molecule has 6 heteroatoms. The summed E-state index contributed by atoms with van der Waals surface area (Å²) in [6, 6.07) is 10.1. The third kappa shape index (κ3) is 4.81. The molecule has 3 rings (SSSR count). The molecule has 2 aromatic heterocycles. The topological polar surface area (TPSA) is 47.8 Å². The summed E-state index contributed by atoms with van der Waals surface area (Å²) in [5.74, 6) is 3.58. The van der Waals surface area contributed by atoms with Gasteiger partial charge in [-0.2, -0.15) is 0 Å². The maximum absolute atomic E-state index is 13.6. The van der Waals surface area contributed by atoms with Crippen LogP contribution in [0, 0.1) is 11.5 Å². The van der Waals surface area contributed by atoms with Gasteiger partial charge in [0.05, 0.1) is 5.39 Å². The van der Waals surface area contributed by atoms with Crippen LogP contribution in [-0.4, -0.2) is 28.9 Å². The van der Waals surface area contributed by atoms with Crippen molar-refractivity contribution in [1.29, 1.82) is 0 Å². The maximum Gasteiger partial charge on any atom is 0.256 e. The van der Waals surface area contributed by atoms with Gasteiger partial charge in [-0.15, -0.1) is 5.54 Å². The predicted octanol–water partition coefficient (Wildman–Crippen LogP) is 6.21. The molecule has 0 saturated carbocycles. The van der Waals surface area contributed by atoms with E-state index in [-0.39, 0.29) is 5.56 Å². The van der Waals surface area contributed by atoms with Crippen molar-refractivity contribution < 1.29 is 0 Å². The van der Waals surface area contributed by atoms with E-state index in [9.17, 15) is 4.79 Å². The zero-order chi connectivity index (χ0) is 24.3. The molecule has 0 saturated heterocycles. The predicted molar refractivity (Wildman–Crippen MR) is 144 cm³/mol. The first-order chi connectivity index (χ1) is 15.6. The van der Waals surface area contributed by atoms with E-state index < -0.39 is 8.07 Å². The van der Waals surface area contributed by atoms with Gasteiger partial charge in [0.15, 0.2) is 5.16 Å². The Morgan fingerprint density at radius 2 is 1.64 bits per heavy atom. The number of hydrogen-bond acceptors (Lipinski definition) is 4. The van der Waals surface area contributed by atoms with Crippen LogP contribution in [0.2, 0.25) is 16.6 Å². The minimum absolute atomic E-state index is 0.0349. The summed E-state index contributed by atoms with van der Waals surface area (Å²) < 4.78 is 1.65. The van der Waals surface area contributed by atoms with Gasteiger partial charge >= 0.3 is 0 Å². The van der Waals surface area contributed by atoms with Crippen molar-refractivity contribution in [2.24, 2.45) is 7.05 Å². The van der Waals surface area contributed by atoms with Crippen molar-refractivity contribution in [3.05, 3.63) is 63.6 Å². The summed E-state index contributed by atoms with van der Waals surface area (Å²) >= 11 is 1.47. The first-order valence-electron chi connectivity index (χ1n) is 11.6. The van der Waals surface area contributed by atoms with Gasteiger partial charge in [-0.05, 0) is 28.4 Å². The van der Waals surface area contributed by atoms with Crippen LogP contribution < -0.4 is 5.56 Å². The zero-order valence-corrected chi connectivity index (χ0v) is 22.9. The third-order valence-corrected chi connectivity index (χ3v) is 13.7. The number of aryl methyl sites for hydroxylation is 1. The molecule has 0 aliphatic heterocycles. The van der Waals surface area contributed by atoms with Crippen LogP contribution in [0.3, 0.4) is 0 Å². The Morgan fingerprint density at radius 1 is 1.03 bits per heavy atom. The Morgan fingerprint density at radius 3 is 2.18 bits per heavy atom. The standard InChI is InChI=1S/C27H35N3OSSi/c1-18(2)33(19(3)4,20(5)6)15-14-22-23(16-21-12-10-9-11-13-21)26(31)30(7)25-24(22)17-28-27(29-25)32-8/h9-13,17-20H,16H2,1-8H3. The van der Waals surface area contributed by atoms with Crippen LogP contribution in [0.5, 0.6) is 0 Å². The molecule has 0 fully saturated rings. The number of hydrogen-bond donors (Lipinski definition) is 0. The molecule has 0 radical (unpaired) electrons. The molecule has 0 N–H and O–H groups in total. The average Bonchev–Trinajstić information content (AvgIpc) is 2.79. The van der Waals surface area contributed by atoms with Crippen LogP contribution >= 0.6 is 11.8 Å². The van der Waals surface area contributed by atoms with Gasteiger partial charge in [-0.3, -0.25) is 9.36 Å². The second-order valence-electron chi connectivity index (χ2n) is 9.62. The smallest absolute Gasteiger partial charge is 0.256 e. The number of thioether (sulfide) groups is 1. The van der Waals surface area contributed by atoms with Gasteiger partial charge in [0.25, 0.3) is 5.56 Å². The Kier molecular flexibility index (Phi) is 7.87. The average molecular weight is 478 g/mol. The van der Waals surface area contributed by atoms with E-state index >= 15 is 0 Å². The van der Waals surface area contributed by atoms with E-state index in [0.29, 0.717) is 33.8 Å². The Bertz CT molecular complexity index is 1230. The summed E-state index contributed by atoms with van der Waals surface area (Å²) in [6.07, 6.45) is 4.32. The minimum Gasteiger partial charge on any atom is -0.295 e. The molecule has 0 amide bonds. The highest BCUT2D eigenvalue weighted by Gasteiger charge is 2.41. The molecular formula is C27H35N3OSSi. The fourth-order valence-corrected chi connectivity index (χ4v) is 10.7. The highest BCUT2D eigenvalue weighted by atomic mass is 32.2. The van der Waals surface area contributed by atoms with Crippen molar-refractivity contribution in [2.45, 2.75) is 69.7 Å². The number of rotatable bonds is 6. The zero-order valence-electron chi connectivity index (χ0n) is 21.1. The molecular weight excluding hydrogens is 442 g/mol. The van der Waals surface area contributed by atoms with Gasteiger partial charge in [-0.25, -0.2) is 9.97 Å². The molecule has 0 bridgehead atoms. The fraction of sp³-hybridized carbons (Fsp3) is 0.444. The SMILES string of the molecule is CSc1ncc2c(C#C[Si](C(C)C)(C(C)C)C(C)C)c(Cc3ccccc3)c(=O)n(C)c2n1. The van der Waals surface area contributed by atoms with Gasteiger partial charge in [-0.1, -0.05) is 89.6 Å².